The lowest BCUT2D eigenvalue weighted by Gasteiger charge is -2.11. The number of nitrogens with zero attached hydrogens (tertiary/aromatic N) is 1. The normalized spacial score (nSPS) is 11.3. The molecule has 1 aromatic heterocycles. The third-order valence-electron chi connectivity index (χ3n) is 2.75. The second kappa shape index (κ2) is 5.30. The molecule has 0 unspecified atom stereocenters. The Morgan fingerprint density at radius 2 is 1.90 bits per heavy atom. The van der Waals surface area contributed by atoms with Crippen LogP contribution in [0.2, 0.25) is 5.02 Å². The van der Waals surface area contributed by atoms with Crippen molar-refractivity contribution in [2.75, 3.05) is 10.5 Å². The van der Waals surface area contributed by atoms with Gasteiger partial charge in [0.1, 0.15) is 0 Å². The Hall–Kier alpha value is -1.79. The molecule has 1 heterocycles. The highest BCUT2D eigenvalue weighted by atomic mass is 35.5. The minimum Gasteiger partial charge on any atom is -0.397 e. The molecule has 20 heavy (non-hydrogen) atoms. The molecule has 0 saturated carbocycles. The first-order valence-electron chi connectivity index (χ1n) is 5.82. The smallest absolute Gasteiger partial charge is 0.262 e. The van der Waals surface area contributed by atoms with Gasteiger partial charge >= 0.3 is 0 Å². The van der Waals surface area contributed by atoms with Crippen LogP contribution in [0.4, 0.5) is 11.4 Å². The van der Waals surface area contributed by atoms with Gasteiger partial charge in [-0.2, -0.15) is 0 Å². The van der Waals surface area contributed by atoms with Gasteiger partial charge in [-0.15, -0.1) is 0 Å². The zero-order valence-corrected chi connectivity index (χ0v) is 12.6. The molecule has 0 spiro atoms. The van der Waals surface area contributed by atoms with Crippen LogP contribution in [-0.4, -0.2) is 13.4 Å². The van der Waals surface area contributed by atoms with E-state index in [2.05, 4.69) is 9.71 Å². The van der Waals surface area contributed by atoms with Gasteiger partial charge in [-0.05, 0) is 44.2 Å². The van der Waals surface area contributed by atoms with Crippen molar-refractivity contribution in [2.24, 2.45) is 0 Å². The summed E-state index contributed by atoms with van der Waals surface area (Å²) in [6, 6.07) is 7.58. The molecule has 0 saturated heterocycles. The molecule has 3 N–H and O–H groups in total. The van der Waals surface area contributed by atoms with E-state index in [0.717, 1.165) is 5.69 Å². The van der Waals surface area contributed by atoms with E-state index >= 15 is 0 Å². The van der Waals surface area contributed by atoms with Crippen LogP contribution in [-0.2, 0) is 10.0 Å². The zero-order chi connectivity index (χ0) is 14.9. The minimum atomic E-state index is -3.72. The summed E-state index contributed by atoms with van der Waals surface area (Å²) in [4.78, 5) is 4.27. The van der Waals surface area contributed by atoms with E-state index in [-0.39, 0.29) is 10.6 Å². The summed E-state index contributed by atoms with van der Waals surface area (Å²) in [5.41, 5.74) is 7.70. The predicted octanol–water partition coefficient (Wildman–Crippen LogP) is 2.73. The second-order valence-electron chi connectivity index (χ2n) is 4.37. The number of hydrogen-bond acceptors (Lipinski definition) is 4. The van der Waals surface area contributed by atoms with E-state index in [1.165, 1.54) is 18.2 Å². The number of aromatic nitrogens is 1. The Balaban J connectivity index is 2.38. The number of nitrogens with two attached hydrogens (primary N) is 1. The number of anilines is 2. The van der Waals surface area contributed by atoms with Crippen molar-refractivity contribution in [1.82, 2.24) is 4.98 Å². The number of pyridine rings is 1. The molecule has 106 valence electrons. The number of nitrogens with one attached hydrogen (secondary N) is 1. The van der Waals surface area contributed by atoms with Gasteiger partial charge in [-0.25, -0.2) is 8.42 Å². The maximum Gasteiger partial charge on any atom is 0.262 e. The first-order valence-corrected chi connectivity index (χ1v) is 7.68. The molecule has 0 atom stereocenters. The molecule has 0 fully saturated rings. The lowest BCUT2D eigenvalue weighted by Crippen LogP contribution is -2.14. The number of hydrogen-bond donors (Lipinski definition) is 2. The number of sulfonamides is 1. The highest BCUT2D eigenvalue weighted by molar-refractivity contribution is 7.92. The summed E-state index contributed by atoms with van der Waals surface area (Å²) in [5.74, 6) is 0. The van der Waals surface area contributed by atoms with Crippen LogP contribution >= 0.6 is 11.6 Å². The van der Waals surface area contributed by atoms with Gasteiger partial charge in [0.05, 0.1) is 27.0 Å². The third kappa shape index (κ3) is 3.02. The molecule has 2 aromatic rings. The van der Waals surface area contributed by atoms with E-state index in [9.17, 15) is 8.42 Å². The number of aryl methyl sites for hydroxylation is 2. The van der Waals surface area contributed by atoms with Crippen LogP contribution in [0.3, 0.4) is 0 Å². The predicted molar refractivity (Wildman–Crippen MR) is 80.4 cm³/mol. The van der Waals surface area contributed by atoms with Crippen molar-refractivity contribution >= 4 is 33.0 Å². The van der Waals surface area contributed by atoms with Crippen molar-refractivity contribution in [3.8, 4) is 0 Å². The van der Waals surface area contributed by atoms with E-state index in [0.29, 0.717) is 16.4 Å². The average molecular weight is 312 g/mol. The highest BCUT2D eigenvalue weighted by Gasteiger charge is 2.16. The fraction of sp³-hybridized carbons (Fsp3) is 0.154. The zero-order valence-electron chi connectivity index (χ0n) is 11.0. The number of benzene rings is 1. The lowest BCUT2D eigenvalue weighted by molar-refractivity contribution is 0.601. The maximum atomic E-state index is 12.3. The standard InChI is InChI=1S/C13H14ClN3O2S/c1-8-3-6-13(9(2)16-8)17-20(18,19)10-4-5-11(14)12(15)7-10/h3-7,17H,15H2,1-2H3. The van der Waals surface area contributed by atoms with Gasteiger partial charge in [0.2, 0.25) is 0 Å². The first kappa shape index (κ1) is 14.6. The van der Waals surface area contributed by atoms with Gasteiger partial charge in [0.25, 0.3) is 10.0 Å². The summed E-state index contributed by atoms with van der Waals surface area (Å²) < 4.78 is 27.0. The molecular formula is C13H14ClN3O2S. The molecule has 5 nitrogen and oxygen atoms in total. The van der Waals surface area contributed by atoms with E-state index in [1.54, 1.807) is 19.1 Å². The highest BCUT2D eigenvalue weighted by Crippen LogP contribution is 2.24. The Bertz CT molecular complexity index is 760. The fourth-order valence-corrected chi connectivity index (χ4v) is 2.96. The largest absolute Gasteiger partial charge is 0.397 e. The average Bonchev–Trinajstić information content (AvgIpc) is 2.36. The van der Waals surface area contributed by atoms with E-state index < -0.39 is 10.0 Å². The monoisotopic (exact) mass is 311 g/mol. The molecule has 7 heteroatoms. The van der Waals surface area contributed by atoms with Crippen LogP contribution in [0, 0.1) is 13.8 Å². The van der Waals surface area contributed by atoms with Crippen LogP contribution < -0.4 is 10.5 Å². The van der Waals surface area contributed by atoms with Crippen LogP contribution in [0.25, 0.3) is 0 Å². The van der Waals surface area contributed by atoms with Gasteiger partial charge in [-0.3, -0.25) is 9.71 Å². The third-order valence-corrected chi connectivity index (χ3v) is 4.45. The summed E-state index contributed by atoms with van der Waals surface area (Å²) in [6.45, 7) is 3.58. The van der Waals surface area contributed by atoms with E-state index in [1.807, 2.05) is 6.92 Å². The SMILES string of the molecule is Cc1ccc(NS(=O)(=O)c2ccc(Cl)c(N)c2)c(C)n1. The molecule has 0 aliphatic carbocycles. The van der Waals surface area contributed by atoms with Gasteiger partial charge < -0.3 is 5.73 Å². The number of halogens is 1. The topological polar surface area (TPSA) is 85.1 Å². The molecule has 0 aliphatic rings. The lowest BCUT2D eigenvalue weighted by atomic mass is 10.3. The Kier molecular flexibility index (Phi) is 3.87. The van der Waals surface area contributed by atoms with E-state index in [4.69, 9.17) is 17.3 Å². The van der Waals surface area contributed by atoms with Crippen molar-refractivity contribution < 1.29 is 8.42 Å². The number of rotatable bonds is 3. The molecule has 0 amide bonds. The maximum absolute atomic E-state index is 12.3. The summed E-state index contributed by atoms with van der Waals surface area (Å²) >= 11 is 5.78. The molecular weight excluding hydrogens is 298 g/mol. The number of nitrogen functional groups attached to an aromatic ring is 1. The van der Waals surface area contributed by atoms with Gasteiger partial charge in [-0.1, -0.05) is 11.6 Å². The van der Waals surface area contributed by atoms with Crippen molar-refractivity contribution in [2.45, 2.75) is 18.7 Å². The Morgan fingerprint density at radius 1 is 1.20 bits per heavy atom. The summed E-state index contributed by atoms with van der Waals surface area (Å²) in [5, 5.41) is 0.317. The van der Waals surface area contributed by atoms with Crippen molar-refractivity contribution in [3.63, 3.8) is 0 Å². The second-order valence-corrected chi connectivity index (χ2v) is 6.46. The van der Waals surface area contributed by atoms with Crippen LogP contribution in [0.5, 0.6) is 0 Å². The van der Waals surface area contributed by atoms with Crippen LogP contribution in [0.15, 0.2) is 35.2 Å². The van der Waals surface area contributed by atoms with Gasteiger partial charge in [0.15, 0.2) is 0 Å². The molecule has 0 bridgehead atoms. The van der Waals surface area contributed by atoms with Crippen molar-refractivity contribution in [1.29, 1.82) is 0 Å². The molecule has 1 aromatic carbocycles. The van der Waals surface area contributed by atoms with Crippen molar-refractivity contribution in [3.05, 3.63) is 46.7 Å². The van der Waals surface area contributed by atoms with Gasteiger partial charge in [0, 0.05) is 5.69 Å². The quantitative estimate of drug-likeness (QED) is 0.853. The molecule has 0 aliphatic heterocycles. The van der Waals surface area contributed by atoms with Crippen LogP contribution in [0.1, 0.15) is 11.4 Å². The summed E-state index contributed by atoms with van der Waals surface area (Å²) in [7, 11) is -3.72. The summed E-state index contributed by atoms with van der Waals surface area (Å²) in [6.07, 6.45) is 0. The molecule has 0 radical (unpaired) electrons. The minimum absolute atomic E-state index is 0.0550. The Labute approximate surface area is 122 Å². The first-order chi connectivity index (χ1) is 9.29. The Morgan fingerprint density at radius 3 is 2.50 bits per heavy atom. The molecule has 2 rings (SSSR count). The fourth-order valence-electron chi connectivity index (χ4n) is 1.69.